The molecule has 1 fully saturated rings. The number of nitrogens with one attached hydrogen (secondary N) is 1. The SMILES string of the molecule is CCS(=O)(=O)c1ccccc1N[C@H]1CC[C@@H](SC)C1. The van der Waals surface area contributed by atoms with E-state index >= 15 is 0 Å². The molecule has 1 aliphatic rings. The molecule has 0 aliphatic heterocycles. The lowest BCUT2D eigenvalue weighted by atomic mass is 10.2. The maximum atomic E-state index is 12.1. The predicted molar refractivity (Wildman–Crippen MR) is 82.7 cm³/mol. The van der Waals surface area contributed by atoms with Gasteiger partial charge in [-0.1, -0.05) is 19.1 Å². The Kier molecular flexibility index (Phi) is 4.79. The second-order valence-corrected chi connectivity index (χ2v) is 8.30. The lowest BCUT2D eigenvalue weighted by Gasteiger charge is -2.17. The van der Waals surface area contributed by atoms with Gasteiger partial charge in [-0.25, -0.2) is 8.42 Å². The van der Waals surface area contributed by atoms with Crippen LogP contribution in [0.4, 0.5) is 5.69 Å². The standard InChI is InChI=1S/C14H21NO2S2/c1-3-19(16,17)14-7-5-4-6-13(14)15-11-8-9-12(10-11)18-2/h4-7,11-12,15H,3,8-10H2,1-2H3/t11-,12+/m0/s1. The fourth-order valence-electron chi connectivity index (χ4n) is 2.52. The second-order valence-electron chi connectivity index (χ2n) is 4.91. The Morgan fingerprint density at radius 3 is 2.68 bits per heavy atom. The lowest BCUT2D eigenvalue weighted by molar-refractivity contribution is 0.597. The zero-order valence-electron chi connectivity index (χ0n) is 11.4. The van der Waals surface area contributed by atoms with Crippen molar-refractivity contribution in [2.75, 3.05) is 17.3 Å². The average Bonchev–Trinajstić information content (AvgIpc) is 2.87. The molecule has 0 amide bonds. The number of para-hydroxylation sites is 1. The zero-order chi connectivity index (χ0) is 13.9. The summed E-state index contributed by atoms with van der Waals surface area (Å²) in [6.45, 7) is 1.69. The molecule has 1 N–H and O–H groups in total. The fourth-order valence-corrected chi connectivity index (χ4v) is 4.37. The minimum absolute atomic E-state index is 0.143. The maximum absolute atomic E-state index is 12.1. The first kappa shape index (κ1) is 14.7. The van der Waals surface area contributed by atoms with E-state index in [9.17, 15) is 8.42 Å². The van der Waals surface area contributed by atoms with Gasteiger partial charge in [0.15, 0.2) is 9.84 Å². The molecule has 2 atom stereocenters. The summed E-state index contributed by atoms with van der Waals surface area (Å²) < 4.78 is 24.1. The molecule has 0 bridgehead atoms. The van der Waals surface area contributed by atoms with Crippen LogP contribution in [-0.4, -0.2) is 31.7 Å². The monoisotopic (exact) mass is 299 g/mol. The van der Waals surface area contributed by atoms with Gasteiger partial charge >= 0.3 is 0 Å². The molecule has 1 aromatic carbocycles. The third-order valence-electron chi connectivity index (χ3n) is 3.68. The van der Waals surface area contributed by atoms with Crippen molar-refractivity contribution in [2.24, 2.45) is 0 Å². The molecular formula is C14H21NO2S2. The largest absolute Gasteiger partial charge is 0.381 e. The summed E-state index contributed by atoms with van der Waals surface area (Å²) in [5.74, 6) is 0.143. The molecule has 0 aromatic heterocycles. The summed E-state index contributed by atoms with van der Waals surface area (Å²) in [5, 5.41) is 4.12. The van der Waals surface area contributed by atoms with E-state index in [1.165, 1.54) is 6.42 Å². The number of benzene rings is 1. The maximum Gasteiger partial charge on any atom is 0.180 e. The van der Waals surface area contributed by atoms with Gasteiger partial charge < -0.3 is 5.32 Å². The number of anilines is 1. The van der Waals surface area contributed by atoms with E-state index in [2.05, 4.69) is 11.6 Å². The molecular weight excluding hydrogens is 278 g/mol. The summed E-state index contributed by atoms with van der Waals surface area (Å²) in [5.41, 5.74) is 0.760. The van der Waals surface area contributed by atoms with Crippen molar-refractivity contribution in [1.82, 2.24) is 0 Å². The van der Waals surface area contributed by atoms with E-state index < -0.39 is 9.84 Å². The molecule has 0 heterocycles. The van der Waals surface area contributed by atoms with E-state index in [1.54, 1.807) is 19.1 Å². The normalized spacial score (nSPS) is 23.5. The van der Waals surface area contributed by atoms with Crippen LogP contribution in [0.5, 0.6) is 0 Å². The highest BCUT2D eigenvalue weighted by Gasteiger charge is 2.25. The molecule has 1 aromatic rings. The Balaban J connectivity index is 2.18. The zero-order valence-corrected chi connectivity index (χ0v) is 13.1. The minimum atomic E-state index is -3.16. The highest BCUT2D eigenvalue weighted by molar-refractivity contribution is 7.99. The van der Waals surface area contributed by atoms with E-state index in [1.807, 2.05) is 23.9 Å². The first-order chi connectivity index (χ1) is 9.06. The van der Waals surface area contributed by atoms with Crippen LogP contribution < -0.4 is 5.32 Å². The van der Waals surface area contributed by atoms with Crippen molar-refractivity contribution in [3.8, 4) is 0 Å². The van der Waals surface area contributed by atoms with Gasteiger partial charge in [-0.05, 0) is 37.7 Å². The van der Waals surface area contributed by atoms with E-state index in [0.29, 0.717) is 16.2 Å². The van der Waals surface area contributed by atoms with Gasteiger partial charge in [0.25, 0.3) is 0 Å². The van der Waals surface area contributed by atoms with Crippen LogP contribution in [0.3, 0.4) is 0 Å². The fraction of sp³-hybridized carbons (Fsp3) is 0.571. The molecule has 2 rings (SSSR count). The Morgan fingerprint density at radius 2 is 2.05 bits per heavy atom. The molecule has 5 heteroatoms. The van der Waals surface area contributed by atoms with Crippen molar-refractivity contribution in [1.29, 1.82) is 0 Å². The third-order valence-corrected chi connectivity index (χ3v) is 6.56. The predicted octanol–water partition coefficient (Wildman–Crippen LogP) is 3.18. The minimum Gasteiger partial charge on any atom is -0.381 e. The molecule has 1 saturated carbocycles. The number of hydrogen-bond donors (Lipinski definition) is 1. The van der Waals surface area contributed by atoms with Crippen LogP contribution in [0.2, 0.25) is 0 Å². The number of thioether (sulfide) groups is 1. The van der Waals surface area contributed by atoms with Crippen LogP contribution in [0.25, 0.3) is 0 Å². The average molecular weight is 299 g/mol. The van der Waals surface area contributed by atoms with Crippen LogP contribution >= 0.6 is 11.8 Å². The summed E-state index contributed by atoms with van der Waals surface area (Å²) in [6, 6.07) is 7.63. The van der Waals surface area contributed by atoms with Gasteiger partial charge in [0.1, 0.15) is 0 Å². The number of hydrogen-bond acceptors (Lipinski definition) is 4. The smallest absolute Gasteiger partial charge is 0.180 e. The van der Waals surface area contributed by atoms with E-state index in [0.717, 1.165) is 18.5 Å². The molecule has 19 heavy (non-hydrogen) atoms. The van der Waals surface area contributed by atoms with Crippen molar-refractivity contribution in [3.63, 3.8) is 0 Å². The highest BCUT2D eigenvalue weighted by atomic mass is 32.2. The van der Waals surface area contributed by atoms with Gasteiger partial charge in [-0.15, -0.1) is 0 Å². The van der Waals surface area contributed by atoms with Gasteiger partial charge in [-0.3, -0.25) is 0 Å². The Labute approximate surface area is 120 Å². The van der Waals surface area contributed by atoms with E-state index in [-0.39, 0.29) is 5.75 Å². The number of sulfone groups is 1. The van der Waals surface area contributed by atoms with Crippen LogP contribution in [0, 0.1) is 0 Å². The van der Waals surface area contributed by atoms with Crippen molar-refractivity contribution < 1.29 is 8.42 Å². The Bertz CT molecular complexity index is 528. The van der Waals surface area contributed by atoms with Crippen LogP contribution in [0.15, 0.2) is 29.2 Å². The van der Waals surface area contributed by atoms with Crippen molar-refractivity contribution >= 4 is 27.3 Å². The van der Waals surface area contributed by atoms with Gasteiger partial charge in [0.2, 0.25) is 0 Å². The highest BCUT2D eigenvalue weighted by Crippen LogP contribution is 2.32. The van der Waals surface area contributed by atoms with Gasteiger partial charge in [0, 0.05) is 11.3 Å². The molecule has 0 radical (unpaired) electrons. The van der Waals surface area contributed by atoms with Crippen LogP contribution in [0.1, 0.15) is 26.2 Å². The molecule has 0 saturated heterocycles. The van der Waals surface area contributed by atoms with Gasteiger partial charge in [0.05, 0.1) is 16.3 Å². The quantitative estimate of drug-likeness (QED) is 0.907. The van der Waals surface area contributed by atoms with Crippen molar-refractivity contribution in [3.05, 3.63) is 24.3 Å². The molecule has 106 valence electrons. The Morgan fingerprint density at radius 1 is 1.32 bits per heavy atom. The lowest BCUT2D eigenvalue weighted by Crippen LogP contribution is -2.18. The van der Waals surface area contributed by atoms with Crippen LogP contribution in [-0.2, 0) is 9.84 Å². The van der Waals surface area contributed by atoms with Gasteiger partial charge in [-0.2, -0.15) is 11.8 Å². The first-order valence-electron chi connectivity index (χ1n) is 6.68. The summed E-state index contributed by atoms with van der Waals surface area (Å²) in [6.07, 6.45) is 5.58. The molecule has 3 nitrogen and oxygen atoms in total. The molecule has 1 aliphatic carbocycles. The summed E-state index contributed by atoms with van der Waals surface area (Å²) in [4.78, 5) is 0.435. The second kappa shape index (κ2) is 6.18. The van der Waals surface area contributed by atoms with E-state index in [4.69, 9.17) is 0 Å². The number of rotatable bonds is 5. The summed E-state index contributed by atoms with van der Waals surface area (Å²) in [7, 11) is -3.16. The van der Waals surface area contributed by atoms with Crippen molar-refractivity contribution in [2.45, 2.75) is 42.4 Å². The molecule has 0 unspecified atom stereocenters. The Hall–Kier alpha value is -0.680. The topological polar surface area (TPSA) is 46.2 Å². The first-order valence-corrected chi connectivity index (χ1v) is 9.62. The molecule has 0 spiro atoms. The summed E-state index contributed by atoms with van der Waals surface area (Å²) >= 11 is 1.90. The third kappa shape index (κ3) is 3.45.